The second kappa shape index (κ2) is 5.56. The van der Waals surface area contributed by atoms with E-state index in [4.69, 9.17) is 16.3 Å². The maximum absolute atomic E-state index is 12.3. The smallest absolute Gasteiger partial charge is 0.255 e. The summed E-state index contributed by atoms with van der Waals surface area (Å²) in [5.41, 5.74) is 3.48. The Balaban J connectivity index is 1.84. The number of anilines is 1. The van der Waals surface area contributed by atoms with Gasteiger partial charge in [0.05, 0.1) is 18.9 Å². The van der Waals surface area contributed by atoms with Crippen LogP contribution in [0, 0.1) is 0 Å². The Morgan fingerprint density at radius 1 is 1.15 bits per heavy atom. The first-order valence-electron chi connectivity index (χ1n) is 6.09. The standard InChI is InChI=1S/C15H11BrClNO2/c16-13-4-3-12(17)6-14(13)18-15(19)9-1-2-10-7-20-8-11(10)5-9/h1-6H,7-8H2,(H,18,19). The molecule has 20 heavy (non-hydrogen) atoms. The molecular weight excluding hydrogens is 342 g/mol. The van der Waals surface area contributed by atoms with Crippen molar-refractivity contribution in [2.24, 2.45) is 0 Å². The molecule has 1 N–H and O–H groups in total. The van der Waals surface area contributed by atoms with Crippen molar-refractivity contribution in [3.05, 3.63) is 62.6 Å². The van der Waals surface area contributed by atoms with Crippen LogP contribution in [0.2, 0.25) is 5.02 Å². The molecule has 2 aromatic rings. The number of hydrogen-bond acceptors (Lipinski definition) is 2. The van der Waals surface area contributed by atoms with E-state index in [0.717, 1.165) is 15.6 Å². The molecule has 0 radical (unpaired) electrons. The van der Waals surface area contributed by atoms with Gasteiger partial charge in [-0.1, -0.05) is 17.7 Å². The topological polar surface area (TPSA) is 38.3 Å². The number of rotatable bonds is 2. The Morgan fingerprint density at radius 2 is 1.95 bits per heavy atom. The minimum Gasteiger partial charge on any atom is -0.372 e. The molecule has 1 amide bonds. The summed E-state index contributed by atoms with van der Waals surface area (Å²) < 4.78 is 6.14. The van der Waals surface area contributed by atoms with Gasteiger partial charge in [0, 0.05) is 15.1 Å². The molecule has 3 nitrogen and oxygen atoms in total. The van der Waals surface area contributed by atoms with E-state index in [-0.39, 0.29) is 5.91 Å². The molecule has 0 saturated heterocycles. The molecule has 0 aliphatic carbocycles. The predicted octanol–water partition coefficient (Wildman–Crippen LogP) is 4.39. The SMILES string of the molecule is O=C(Nc1cc(Cl)ccc1Br)c1ccc2c(c1)COC2. The van der Waals surface area contributed by atoms with Crippen LogP contribution >= 0.6 is 27.5 Å². The molecule has 0 saturated carbocycles. The summed E-state index contributed by atoms with van der Waals surface area (Å²) in [6.45, 7) is 1.19. The highest BCUT2D eigenvalue weighted by atomic mass is 79.9. The van der Waals surface area contributed by atoms with Crippen molar-refractivity contribution in [1.82, 2.24) is 0 Å². The normalized spacial score (nSPS) is 13.1. The molecule has 1 heterocycles. The van der Waals surface area contributed by atoms with Gasteiger partial charge in [0.1, 0.15) is 0 Å². The summed E-state index contributed by atoms with van der Waals surface area (Å²) in [6, 6.07) is 10.9. The van der Waals surface area contributed by atoms with Crippen molar-refractivity contribution in [1.29, 1.82) is 0 Å². The summed E-state index contributed by atoms with van der Waals surface area (Å²) >= 11 is 9.32. The second-order valence-corrected chi connectivity index (χ2v) is 5.85. The highest BCUT2D eigenvalue weighted by Crippen LogP contribution is 2.27. The van der Waals surface area contributed by atoms with Crippen LogP contribution in [0.15, 0.2) is 40.9 Å². The molecule has 5 heteroatoms. The molecule has 0 unspecified atom stereocenters. The summed E-state index contributed by atoms with van der Waals surface area (Å²) in [5.74, 6) is -0.164. The maximum atomic E-state index is 12.3. The van der Waals surface area contributed by atoms with Gasteiger partial charge in [-0.2, -0.15) is 0 Å². The van der Waals surface area contributed by atoms with Gasteiger partial charge < -0.3 is 10.1 Å². The van der Waals surface area contributed by atoms with Gasteiger partial charge in [0.25, 0.3) is 5.91 Å². The summed E-state index contributed by atoms with van der Waals surface area (Å²) in [6.07, 6.45) is 0. The highest BCUT2D eigenvalue weighted by Gasteiger charge is 2.15. The quantitative estimate of drug-likeness (QED) is 0.871. The molecule has 3 rings (SSSR count). The fourth-order valence-electron chi connectivity index (χ4n) is 2.10. The van der Waals surface area contributed by atoms with E-state index in [1.54, 1.807) is 24.3 Å². The van der Waals surface area contributed by atoms with Crippen molar-refractivity contribution < 1.29 is 9.53 Å². The molecule has 0 spiro atoms. The number of hydrogen-bond donors (Lipinski definition) is 1. The van der Waals surface area contributed by atoms with Gasteiger partial charge >= 0.3 is 0 Å². The highest BCUT2D eigenvalue weighted by molar-refractivity contribution is 9.10. The summed E-state index contributed by atoms with van der Waals surface area (Å²) in [7, 11) is 0. The molecule has 102 valence electrons. The number of carbonyl (C=O) groups is 1. The molecular formula is C15H11BrClNO2. The Bertz CT molecular complexity index is 688. The van der Waals surface area contributed by atoms with E-state index in [0.29, 0.717) is 29.5 Å². The number of benzene rings is 2. The Kier molecular flexibility index (Phi) is 3.78. The zero-order valence-corrected chi connectivity index (χ0v) is 12.8. The zero-order chi connectivity index (χ0) is 14.1. The molecule has 2 aromatic carbocycles. The lowest BCUT2D eigenvalue weighted by atomic mass is 10.1. The first-order chi connectivity index (χ1) is 9.63. The van der Waals surface area contributed by atoms with E-state index in [1.807, 2.05) is 12.1 Å². The summed E-state index contributed by atoms with van der Waals surface area (Å²) in [5, 5.41) is 3.42. The van der Waals surface area contributed by atoms with Crippen molar-refractivity contribution in [3.8, 4) is 0 Å². The first-order valence-corrected chi connectivity index (χ1v) is 7.26. The number of amides is 1. The van der Waals surface area contributed by atoms with Crippen LogP contribution in [0.5, 0.6) is 0 Å². The molecule has 1 aliphatic heterocycles. The van der Waals surface area contributed by atoms with E-state index < -0.39 is 0 Å². The van der Waals surface area contributed by atoms with Crippen LogP contribution in [0.25, 0.3) is 0 Å². The van der Waals surface area contributed by atoms with E-state index in [9.17, 15) is 4.79 Å². The van der Waals surface area contributed by atoms with Gasteiger partial charge in [-0.05, 0) is 57.4 Å². The fraction of sp³-hybridized carbons (Fsp3) is 0.133. The average molecular weight is 353 g/mol. The summed E-state index contributed by atoms with van der Waals surface area (Å²) in [4.78, 5) is 12.3. The second-order valence-electron chi connectivity index (χ2n) is 4.55. The van der Waals surface area contributed by atoms with Crippen LogP contribution in [0.4, 0.5) is 5.69 Å². The average Bonchev–Trinajstić information content (AvgIpc) is 2.90. The lowest BCUT2D eigenvalue weighted by molar-refractivity contribution is 0.102. The molecule has 0 aromatic heterocycles. The molecule has 1 aliphatic rings. The zero-order valence-electron chi connectivity index (χ0n) is 10.5. The van der Waals surface area contributed by atoms with E-state index >= 15 is 0 Å². The van der Waals surface area contributed by atoms with Crippen molar-refractivity contribution in [2.45, 2.75) is 13.2 Å². The molecule has 0 bridgehead atoms. The fourth-order valence-corrected chi connectivity index (χ4v) is 2.62. The third-order valence-electron chi connectivity index (χ3n) is 3.16. The van der Waals surface area contributed by atoms with E-state index in [1.165, 1.54) is 0 Å². The monoisotopic (exact) mass is 351 g/mol. The number of halogens is 2. The van der Waals surface area contributed by atoms with Crippen LogP contribution in [-0.4, -0.2) is 5.91 Å². The molecule has 0 fully saturated rings. The minimum absolute atomic E-state index is 0.164. The van der Waals surface area contributed by atoms with Crippen molar-refractivity contribution in [2.75, 3.05) is 5.32 Å². The maximum Gasteiger partial charge on any atom is 0.255 e. The Labute approximate surface area is 130 Å². The predicted molar refractivity (Wildman–Crippen MR) is 82.0 cm³/mol. The van der Waals surface area contributed by atoms with Gasteiger partial charge in [-0.3, -0.25) is 4.79 Å². The van der Waals surface area contributed by atoms with Gasteiger partial charge in [-0.15, -0.1) is 0 Å². The number of nitrogens with one attached hydrogen (secondary N) is 1. The number of fused-ring (bicyclic) bond motifs is 1. The lowest BCUT2D eigenvalue weighted by Gasteiger charge is -2.08. The largest absolute Gasteiger partial charge is 0.372 e. The van der Waals surface area contributed by atoms with E-state index in [2.05, 4.69) is 21.2 Å². The third kappa shape index (κ3) is 2.73. The first kappa shape index (κ1) is 13.6. The molecule has 0 atom stereocenters. The lowest BCUT2D eigenvalue weighted by Crippen LogP contribution is -2.12. The van der Waals surface area contributed by atoms with Crippen molar-refractivity contribution in [3.63, 3.8) is 0 Å². The van der Waals surface area contributed by atoms with Crippen LogP contribution in [0.1, 0.15) is 21.5 Å². The van der Waals surface area contributed by atoms with Crippen molar-refractivity contribution >= 4 is 39.1 Å². The van der Waals surface area contributed by atoms with Crippen LogP contribution < -0.4 is 5.32 Å². The van der Waals surface area contributed by atoms with Gasteiger partial charge in [-0.25, -0.2) is 0 Å². The van der Waals surface area contributed by atoms with Gasteiger partial charge in [0.2, 0.25) is 0 Å². The van der Waals surface area contributed by atoms with Crippen LogP contribution in [0.3, 0.4) is 0 Å². The Morgan fingerprint density at radius 3 is 2.80 bits per heavy atom. The van der Waals surface area contributed by atoms with Gasteiger partial charge in [0.15, 0.2) is 0 Å². The minimum atomic E-state index is -0.164. The third-order valence-corrected chi connectivity index (χ3v) is 4.09. The number of carbonyl (C=O) groups excluding carboxylic acids is 1. The Hall–Kier alpha value is -1.36. The number of ether oxygens (including phenoxy) is 1. The van der Waals surface area contributed by atoms with Crippen LogP contribution in [-0.2, 0) is 18.0 Å².